The standard InChI is InChI=1S/C18H26N4O2/c1-13-10-17-16(11-15(13)18(23)24)14(12-22(17)7-3-19)2-6-21-8-4-20-5-9-21/h10-12,20H,2-9,19H2,1H3,(H,23,24). The number of rotatable bonds is 6. The van der Waals surface area contributed by atoms with Gasteiger partial charge in [0.25, 0.3) is 0 Å². The first-order valence-electron chi connectivity index (χ1n) is 8.59. The quantitative estimate of drug-likeness (QED) is 0.737. The van der Waals surface area contributed by atoms with Crippen molar-refractivity contribution in [1.82, 2.24) is 14.8 Å². The Kier molecular flexibility index (Phi) is 5.18. The van der Waals surface area contributed by atoms with Crippen LogP contribution in [0.2, 0.25) is 0 Å². The van der Waals surface area contributed by atoms with Crippen LogP contribution in [-0.2, 0) is 13.0 Å². The third-order valence-corrected chi connectivity index (χ3v) is 4.82. The number of piperazine rings is 1. The van der Waals surface area contributed by atoms with Crippen LogP contribution in [0, 0.1) is 6.92 Å². The molecule has 0 bridgehead atoms. The molecule has 1 aromatic heterocycles. The van der Waals surface area contributed by atoms with Gasteiger partial charge in [0.15, 0.2) is 0 Å². The summed E-state index contributed by atoms with van der Waals surface area (Å²) in [5.41, 5.74) is 9.20. The summed E-state index contributed by atoms with van der Waals surface area (Å²) >= 11 is 0. The second-order valence-corrected chi connectivity index (χ2v) is 6.47. The van der Waals surface area contributed by atoms with Crippen LogP contribution in [0.15, 0.2) is 18.3 Å². The number of carboxylic acids is 1. The van der Waals surface area contributed by atoms with Crippen LogP contribution in [0.25, 0.3) is 10.9 Å². The number of aromatic carboxylic acids is 1. The van der Waals surface area contributed by atoms with Crippen LogP contribution >= 0.6 is 0 Å². The molecule has 1 fully saturated rings. The second kappa shape index (κ2) is 7.34. The van der Waals surface area contributed by atoms with Gasteiger partial charge in [0.2, 0.25) is 0 Å². The number of carboxylic acid groups (broad SMARTS) is 1. The molecule has 130 valence electrons. The highest BCUT2D eigenvalue weighted by Crippen LogP contribution is 2.26. The van der Waals surface area contributed by atoms with Gasteiger partial charge >= 0.3 is 5.97 Å². The highest BCUT2D eigenvalue weighted by atomic mass is 16.4. The number of hydrogen-bond donors (Lipinski definition) is 3. The van der Waals surface area contributed by atoms with Crippen molar-refractivity contribution in [3.8, 4) is 0 Å². The minimum atomic E-state index is -0.867. The SMILES string of the molecule is Cc1cc2c(cc1C(=O)O)c(CCN1CCNCC1)cn2CCN. The Bertz CT molecular complexity index is 732. The van der Waals surface area contributed by atoms with Gasteiger partial charge in [-0.3, -0.25) is 0 Å². The maximum atomic E-state index is 11.5. The summed E-state index contributed by atoms with van der Waals surface area (Å²) in [6.07, 6.45) is 3.07. The predicted molar refractivity (Wildman–Crippen MR) is 95.7 cm³/mol. The summed E-state index contributed by atoms with van der Waals surface area (Å²) in [5.74, 6) is -0.867. The van der Waals surface area contributed by atoms with Gasteiger partial charge in [-0.2, -0.15) is 0 Å². The van der Waals surface area contributed by atoms with E-state index in [4.69, 9.17) is 5.73 Å². The smallest absolute Gasteiger partial charge is 0.335 e. The normalized spacial score (nSPS) is 15.9. The lowest BCUT2D eigenvalue weighted by molar-refractivity contribution is 0.0696. The second-order valence-electron chi connectivity index (χ2n) is 6.47. The molecule has 0 aliphatic carbocycles. The zero-order valence-electron chi connectivity index (χ0n) is 14.2. The number of nitrogens with one attached hydrogen (secondary N) is 1. The van der Waals surface area contributed by atoms with Crippen LogP contribution < -0.4 is 11.1 Å². The molecular formula is C18H26N4O2. The van der Waals surface area contributed by atoms with Crippen molar-refractivity contribution < 1.29 is 9.90 Å². The van der Waals surface area contributed by atoms with Gasteiger partial charge in [0.05, 0.1) is 5.56 Å². The Hall–Kier alpha value is -1.89. The number of aromatic nitrogens is 1. The van der Waals surface area contributed by atoms with E-state index in [-0.39, 0.29) is 0 Å². The lowest BCUT2D eigenvalue weighted by Gasteiger charge is -2.26. The summed E-state index contributed by atoms with van der Waals surface area (Å²) in [6, 6.07) is 3.80. The van der Waals surface area contributed by atoms with E-state index >= 15 is 0 Å². The zero-order valence-corrected chi connectivity index (χ0v) is 14.2. The molecule has 0 unspecified atom stereocenters. The molecule has 0 spiro atoms. The molecule has 0 radical (unpaired) electrons. The number of benzene rings is 1. The summed E-state index contributed by atoms with van der Waals surface area (Å²) in [4.78, 5) is 13.9. The molecule has 3 rings (SSSR count). The van der Waals surface area contributed by atoms with Gasteiger partial charge in [-0.15, -0.1) is 0 Å². The molecule has 1 aliphatic rings. The predicted octanol–water partition coefficient (Wildman–Crippen LogP) is 1.05. The van der Waals surface area contributed by atoms with E-state index in [1.54, 1.807) is 0 Å². The topological polar surface area (TPSA) is 83.5 Å². The largest absolute Gasteiger partial charge is 0.478 e. The first-order chi connectivity index (χ1) is 11.6. The molecule has 0 saturated carbocycles. The van der Waals surface area contributed by atoms with E-state index in [0.29, 0.717) is 12.1 Å². The molecule has 1 aliphatic heterocycles. The maximum absolute atomic E-state index is 11.5. The lowest BCUT2D eigenvalue weighted by Crippen LogP contribution is -2.44. The van der Waals surface area contributed by atoms with Crippen molar-refractivity contribution in [3.63, 3.8) is 0 Å². The highest BCUT2D eigenvalue weighted by molar-refractivity contribution is 5.96. The molecule has 0 amide bonds. The first kappa shape index (κ1) is 17.0. The van der Waals surface area contributed by atoms with Gasteiger partial charge < -0.3 is 25.6 Å². The number of hydrogen-bond acceptors (Lipinski definition) is 4. The molecule has 2 aromatic rings. The molecule has 2 heterocycles. The molecular weight excluding hydrogens is 304 g/mol. The highest BCUT2D eigenvalue weighted by Gasteiger charge is 2.16. The summed E-state index contributed by atoms with van der Waals surface area (Å²) in [6.45, 7) is 8.38. The van der Waals surface area contributed by atoms with Crippen molar-refractivity contribution in [2.45, 2.75) is 19.9 Å². The molecule has 24 heavy (non-hydrogen) atoms. The Balaban J connectivity index is 1.92. The van der Waals surface area contributed by atoms with Crippen molar-refractivity contribution in [1.29, 1.82) is 0 Å². The molecule has 1 aromatic carbocycles. The average molecular weight is 330 g/mol. The van der Waals surface area contributed by atoms with E-state index in [9.17, 15) is 9.90 Å². The van der Waals surface area contributed by atoms with Crippen LogP contribution in [0.4, 0.5) is 0 Å². The van der Waals surface area contributed by atoms with E-state index in [1.807, 2.05) is 19.1 Å². The van der Waals surface area contributed by atoms with Gasteiger partial charge in [-0.05, 0) is 36.6 Å². The molecule has 6 nitrogen and oxygen atoms in total. The maximum Gasteiger partial charge on any atom is 0.335 e. The van der Waals surface area contributed by atoms with Gasteiger partial charge in [0.1, 0.15) is 0 Å². The molecule has 1 saturated heterocycles. The Morgan fingerprint density at radius 1 is 1.29 bits per heavy atom. The van der Waals surface area contributed by atoms with Gasteiger partial charge in [-0.25, -0.2) is 4.79 Å². The third kappa shape index (κ3) is 3.45. The molecule has 4 N–H and O–H groups in total. The van der Waals surface area contributed by atoms with Crippen LogP contribution in [0.3, 0.4) is 0 Å². The summed E-state index contributed by atoms with van der Waals surface area (Å²) in [5, 5.41) is 13.8. The van der Waals surface area contributed by atoms with E-state index in [2.05, 4.69) is 21.0 Å². The van der Waals surface area contributed by atoms with E-state index in [1.165, 1.54) is 5.56 Å². The Morgan fingerprint density at radius 2 is 2.04 bits per heavy atom. The van der Waals surface area contributed by atoms with Gasteiger partial charge in [0, 0.05) is 62.9 Å². The number of nitrogens with zero attached hydrogens (tertiary/aromatic N) is 2. The minimum Gasteiger partial charge on any atom is -0.478 e. The fourth-order valence-corrected chi connectivity index (χ4v) is 3.48. The van der Waals surface area contributed by atoms with Crippen molar-refractivity contribution in [2.75, 3.05) is 39.3 Å². The monoisotopic (exact) mass is 330 g/mol. The Morgan fingerprint density at radius 3 is 2.71 bits per heavy atom. The Labute approximate surface area is 142 Å². The van der Waals surface area contributed by atoms with Crippen molar-refractivity contribution >= 4 is 16.9 Å². The van der Waals surface area contributed by atoms with E-state index in [0.717, 1.165) is 62.2 Å². The number of fused-ring (bicyclic) bond motifs is 1. The number of nitrogens with two attached hydrogens (primary N) is 1. The lowest BCUT2D eigenvalue weighted by atomic mass is 10.0. The van der Waals surface area contributed by atoms with E-state index < -0.39 is 5.97 Å². The number of carbonyl (C=O) groups is 1. The van der Waals surface area contributed by atoms with Gasteiger partial charge in [-0.1, -0.05) is 0 Å². The fourth-order valence-electron chi connectivity index (χ4n) is 3.48. The average Bonchev–Trinajstić information content (AvgIpc) is 2.90. The minimum absolute atomic E-state index is 0.386. The van der Waals surface area contributed by atoms with Crippen molar-refractivity contribution in [2.24, 2.45) is 5.73 Å². The summed E-state index contributed by atoms with van der Waals surface area (Å²) < 4.78 is 2.15. The number of aryl methyl sites for hydroxylation is 1. The summed E-state index contributed by atoms with van der Waals surface area (Å²) in [7, 11) is 0. The first-order valence-corrected chi connectivity index (χ1v) is 8.59. The fraction of sp³-hybridized carbons (Fsp3) is 0.500. The van der Waals surface area contributed by atoms with Crippen molar-refractivity contribution in [3.05, 3.63) is 35.0 Å². The zero-order chi connectivity index (χ0) is 17.1. The molecule has 6 heteroatoms. The van der Waals surface area contributed by atoms with Crippen LogP contribution in [-0.4, -0.2) is 59.8 Å². The molecule has 0 atom stereocenters. The third-order valence-electron chi connectivity index (χ3n) is 4.82. The van der Waals surface area contributed by atoms with Crippen LogP contribution in [0.5, 0.6) is 0 Å². The van der Waals surface area contributed by atoms with Crippen LogP contribution in [0.1, 0.15) is 21.5 Å².